The summed E-state index contributed by atoms with van der Waals surface area (Å²) >= 11 is 0. The van der Waals surface area contributed by atoms with E-state index in [1.165, 1.54) is 18.2 Å². The Morgan fingerprint density at radius 2 is 1.88 bits per heavy atom. The normalized spacial score (nSPS) is 11.7. The lowest BCUT2D eigenvalue weighted by molar-refractivity contribution is -0.144. The molecule has 0 amide bonds. The highest BCUT2D eigenvalue weighted by Crippen LogP contribution is 2.36. The summed E-state index contributed by atoms with van der Waals surface area (Å²) in [5.41, 5.74) is -2.05. The number of rotatable bonds is 5. The van der Waals surface area contributed by atoms with Crippen LogP contribution in [0.1, 0.15) is 11.3 Å². The lowest BCUT2D eigenvalue weighted by Crippen LogP contribution is -2.40. The van der Waals surface area contributed by atoms with Crippen LogP contribution in [0.5, 0.6) is 5.75 Å². The second-order valence-electron chi connectivity index (χ2n) is 7.44. The fourth-order valence-corrected chi connectivity index (χ4v) is 3.48. The van der Waals surface area contributed by atoms with Crippen molar-refractivity contribution in [2.24, 2.45) is 7.05 Å². The quantitative estimate of drug-likeness (QED) is 0.471. The molecule has 0 spiro atoms. The Morgan fingerprint density at radius 3 is 2.56 bits per heavy atom. The number of aliphatic carboxylic acids is 1. The summed E-state index contributed by atoms with van der Waals surface area (Å²) in [6.07, 6.45) is -4.88. The van der Waals surface area contributed by atoms with Gasteiger partial charge in [-0.05, 0) is 42.8 Å². The minimum atomic E-state index is -4.88. The van der Waals surface area contributed by atoms with E-state index in [9.17, 15) is 27.6 Å². The molecule has 0 radical (unpaired) electrons. The van der Waals surface area contributed by atoms with Crippen molar-refractivity contribution in [3.05, 3.63) is 74.6 Å². The van der Waals surface area contributed by atoms with Gasteiger partial charge in [0.1, 0.15) is 17.1 Å². The summed E-state index contributed by atoms with van der Waals surface area (Å²) in [7, 11) is 0.919. The Kier molecular flexibility index (Phi) is 5.51. The van der Waals surface area contributed by atoms with Gasteiger partial charge in [0.25, 0.3) is 5.56 Å². The number of halogens is 3. The molecular formula is C22H16F3N3O6. The summed E-state index contributed by atoms with van der Waals surface area (Å²) in [6, 6.07) is 9.46. The number of benzene rings is 2. The molecule has 0 saturated carbocycles. The van der Waals surface area contributed by atoms with Gasteiger partial charge in [-0.3, -0.25) is 9.36 Å². The Morgan fingerprint density at radius 1 is 1.15 bits per heavy atom. The van der Waals surface area contributed by atoms with E-state index in [2.05, 4.69) is 5.16 Å². The number of nitrogens with zero attached hydrogens (tertiary/aromatic N) is 3. The number of ether oxygens (including phenoxy) is 1. The van der Waals surface area contributed by atoms with Gasteiger partial charge < -0.3 is 14.4 Å². The number of aryl methyl sites for hydroxylation is 1. The molecule has 0 aliphatic heterocycles. The van der Waals surface area contributed by atoms with Gasteiger partial charge in [0.05, 0.1) is 11.1 Å². The van der Waals surface area contributed by atoms with Crippen LogP contribution < -0.4 is 16.0 Å². The number of hydrogen-bond acceptors (Lipinski definition) is 6. The van der Waals surface area contributed by atoms with E-state index >= 15 is 0 Å². The minimum Gasteiger partial charge on any atom is -0.481 e. The van der Waals surface area contributed by atoms with E-state index < -0.39 is 35.7 Å². The third-order valence-electron chi connectivity index (χ3n) is 5.07. The maximum absolute atomic E-state index is 13.2. The molecule has 4 rings (SSSR count). The monoisotopic (exact) mass is 475 g/mol. The standard InChI is InChI=1S/C22H16F3N3O6/c1-11-3-5-13(16(7-11)33-10-19(30)31)20-14-8-12(4-6-15(14)34-26-20)28-18(29)9-17(22(23,24)25)27(2)21(28)32/h3-9H,10H2,1-2H3,(H,30,31). The number of carboxylic acids is 1. The first kappa shape index (κ1) is 22.8. The lowest BCUT2D eigenvalue weighted by Gasteiger charge is -2.14. The molecule has 0 aliphatic carbocycles. The molecule has 0 fully saturated rings. The van der Waals surface area contributed by atoms with Crippen molar-refractivity contribution in [1.82, 2.24) is 14.3 Å². The van der Waals surface area contributed by atoms with Crippen LogP contribution in [0, 0.1) is 6.92 Å². The summed E-state index contributed by atoms with van der Waals surface area (Å²) in [6.45, 7) is 1.18. The largest absolute Gasteiger partial charge is 0.481 e. The molecule has 12 heteroatoms. The highest BCUT2D eigenvalue weighted by Gasteiger charge is 2.35. The number of aromatic nitrogens is 3. The molecule has 0 atom stereocenters. The van der Waals surface area contributed by atoms with Gasteiger partial charge in [-0.15, -0.1) is 0 Å². The first-order valence-electron chi connectivity index (χ1n) is 9.73. The van der Waals surface area contributed by atoms with E-state index in [0.717, 1.165) is 12.6 Å². The van der Waals surface area contributed by atoms with E-state index in [-0.39, 0.29) is 22.7 Å². The Balaban J connectivity index is 1.90. The van der Waals surface area contributed by atoms with E-state index in [1.54, 1.807) is 25.1 Å². The maximum Gasteiger partial charge on any atom is 0.431 e. The highest BCUT2D eigenvalue weighted by molar-refractivity contribution is 5.94. The van der Waals surface area contributed by atoms with Gasteiger partial charge in [0.15, 0.2) is 12.2 Å². The fraction of sp³-hybridized carbons (Fsp3) is 0.182. The molecule has 0 bridgehead atoms. The van der Waals surface area contributed by atoms with E-state index in [1.807, 2.05) is 0 Å². The van der Waals surface area contributed by atoms with Crippen LogP contribution in [0.2, 0.25) is 0 Å². The van der Waals surface area contributed by atoms with Gasteiger partial charge in [-0.2, -0.15) is 13.2 Å². The molecule has 0 saturated heterocycles. The average molecular weight is 475 g/mol. The van der Waals surface area contributed by atoms with E-state index in [4.69, 9.17) is 14.4 Å². The third kappa shape index (κ3) is 4.05. The molecular weight excluding hydrogens is 459 g/mol. The molecule has 2 heterocycles. The topological polar surface area (TPSA) is 117 Å². The van der Waals surface area contributed by atoms with Gasteiger partial charge in [0, 0.05) is 18.7 Å². The predicted octanol–water partition coefficient (Wildman–Crippen LogP) is 3.14. The molecule has 0 unspecified atom stereocenters. The van der Waals surface area contributed by atoms with Crippen molar-refractivity contribution in [2.45, 2.75) is 13.1 Å². The smallest absolute Gasteiger partial charge is 0.431 e. The van der Waals surface area contributed by atoms with Gasteiger partial charge >= 0.3 is 17.8 Å². The van der Waals surface area contributed by atoms with Crippen LogP contribution in [0.15, 0.2) is 56.6 Å². The summed E-state index contributed by atoms with van der Waals surface area (Å²) in [4.78, 5) is 36.1. The zero-order chi connectivity index (χ0) is 24.8. The van der Waals surface area contributed by atoms with Crippen LogP contribution in [-0.4, -0.2) is 32.0 Å². The number of carbonyl (C=O) groups is 1. The van der Waals surface area contributed by atoms with Gasteiger partial charge in [-0.1, -0.05) is 11.2 Å². The van der Waals surface area contributed by atoms with Crippen molar-refractivity contribution < 1.29 is 32.3 Å². The van der Waals surface area contributed by atoms with Crippen LogP contribution in [-0.2, 0) is 18.0 Å². The molecule has 2 aromatic heterocycles. The second kappa shape index (κ2) is 8.21. The molecule has 4 aromatic rings. The van der Waals surface area contributed by atoms with Crippen LogP contribution in [0.3, 0.4) is 0 Å². The maximum atomic E-state index is 13.2. The molecule has 1 N–H and O–H groups in total. The van der Waals surface area contributed by atoms with E-state index in [0.29, 0.717) is 26.2 Å². The molecule has 2 aromatic carbocycles. The Bertz CT molecular complexity index is 1550. The predicted molar refractivity (Wildman–Crippen MR) is 113 cm³/mol. The lowest BCUT2D eigenvalue weighted by atomic mass is 10.0. The molecule has 0 aliphatic rings. The van der Waals surface area contributed by atoms with Crippen molar-refractivity contribution in [1.29, 1.82) is 0 Å². The third-order valence-corrected chi connectivity index (χ3v) is 5.07. The first-order chi connectivity index (χ1) is 16.0. The number of alkyl halides is 3. The Labute approximate surface area is 188 Å². The van der Waals surface area contributed by atoms with Crippen LogP contribution >= 0.6 is 0 Å². The zero-order valence-electron chi connectivity index (χ0n) is 17.7. The Hall–Kier alpha value is -4.35. The SMILES string of the molecule is Cc1ccc(-c2noc3ccc(-n4c(=O)cc(C(F)(F)F)n(C)c4=O)cc23)c(OCC(=O)O)c1. The van der Waals surface area contributed by atoms with Crippen molar-refractivity contribution in [2.75, 3.05) is 6.61 Å². The molecule has 9 nitrogen and oxygen atoms in total. The van der Waals surface area contributed by atoms with Crippen molar-refractivity contribution in [3.8, 4) is 22.7 Å². The van der Waals surface area contributed by atoms with Crippen molar-refractivity contribution >= 4 is 16.9 Å². The van der Waals surface area contributed by atoms with Gasteiger partial charge in [0.2, 0.25) is 0 Å². The molecule has 176 valence electrons. The van der Waals surface area contributed by atoms with Crippen LogP contribution in [0.4, 0.5) is 13.2 Å². The van der Waals surface area contributed by atoms with Gasteiger partial charge in [-0.25, -0.2) is 14.2 Å². The zero-order valence-corrected chi connectivity index (χ0v) is 17.7. The van der Waals surface area contributed by atoms with Crippen molar-refractivity contribution in [3.63, 3.8) is 0 Å². The summed E-state index contributed by atoms with van der Waals surface area (Å²) in [5.74, 6) is -0.970. The minimum absolute atomic E-state index is 0.00334. The highest BCUT2D eigenvalue weighted by atomic mass is 19.4. The number of fused-ring (bicyclic) bond motifs is 1. The summed E-state index contributed by atoms with van der Waals surface area (Å²) < 4.78 is 51.1. The average Bonchev–Trinajstić information content (AvgIpc) is 3.17. The van der Waals surface area contributed by atoms with Crippen LogP contribution in [0.25, 0.3) is 27.9 Å². The number of hydrogen-bond donors (Lipinski definition) is 1. The number of carboxylic acid groups (broad SMARTS) is 1. The molecule has 34 heavy (non-hydrogen) atoms. The second-order valence-corrected chi connectivity index (χ2v) is 7.44. The fourth-order valence-electron chi connectivity index (χ4n) is 3.48. The summed E-state index contributed by atoms with van der Waals surface area (Å²) in [5, 5.41) is 13.3. The first-order valence-corrected chi connectivity index (χ1v) is 9.73.